The number of amides is 2. The van der Waals surface area contributed by atoms with E-state index in [1.807, 2.05) is 0 Å². The van der Waals surface area contributed by atoms with Crippen LogP contribution in [0.1, 0.15) is 40.2 Å². The first-order chi connectivity index (χ1) is 17.3. The van der Waals surface area contributed by atoms with Gasteiger partial charge in [0, 0.05) is 33.4 Å². The van der Waals surface area contributed by atoms with Crippen molar-refractivity contribution in [3.63, 3.8) is 0 Å². The maximum Gasteiger partial charge on any atom is 0.414 e. The molecule has 0 bridgehead atoms. The monoisotopic (exact) mass is 514 g/mol. The molecule has 0 saturated carbocycles. The van der Waals surface area contributed by atoms with Crippen LogP contribution in [-0.2, 0) is 30.2 Å². The lowest BCUT2D eigenvalue weighted by molar-refractivity contribution is -0.160. The molecule has 1 aliphatic rings. The number of hydrogen-bond acceptors (Lipinski definition) is 8. The SMILES string of the molecule is COc1ccc(NC(=O)COc2ccc(CC3OC(C)(C)OC3=O)cc2)c(N(C)C(=O)OC(C)(C)C)c1. The van der Waals surface area contributed by atoms with Gasteiger partial charge in [-0.1, -0.05) is 12.1 Å². The number of anilines is 2. The molecule has 3 rings (SSSR count). The van der Waals surface area contributed by atoms with Gasteiger partial charge in [-0.25, -0.2) is 9.59 Å². The molecule has 1 aliphatic heterocycles. The van der Waals surface area contributed by atoms with Crippen LogP contribution in [0.15, 0.2) is 42.5 Å². The summed E-state index contributed by atoms with van der Waals surface area (Å²) in [5, 5.41) is 2.77. The van der Waals surface area contributed by atoms with Gasteiger partial charge in [0.05, 0.1) is 18.5 Å². The van der Waals surface area contributed by atoms with Crippen LogP contribution in [0.2, 0.25) is 0 Å². The number of esters is 1. The predicted octanol–water partition coefficient (Wildman–Crippen LogP) is 4.30. The number of hydrogen-bond donors (Lipinski definition) is 1. The van der Waals surface area contributed by atoms with Crippen LogP contribution in [0.3, 0.4) is 0 Å². The van der Waals surface area contributed by atoms with E-state index in [2.05, 4.69) is 5.32 Å². The smallest absolute Gasteiger partial charge is 0.414 e. The Kier molecular flexibility index (Phi) is 8.32. The summed E-state index contributed by atoms with van der Waals surface area (Å²) < 4.78 is 27.1. The van der Waals surface area contributed by atoms with Crippen molar-refractivity contribution < 1.29 is 38.1 Å². The lowest BCUT2D eigenvalue weighted by atomic mass is 10.1. The maximum absolute atomic E-state index is 12.6. The van der Waals surface area contributed by atoms with Gasteiger partial charge in [-0.2, -0.15) is 0 Å². The Hall–Kier alpha value is -3.79. The predicted molar refractivity (Wildman–Crippen MR) is 137 cm³/mol. The minimum atomic E-state index is -0.927. The summed E-state index contributed by atoms with van der Waals surface area (Å²) in [6, 6.07) is 12.0. The van der Waals surface area contributed by atoms with Gasteiger partial charge in [0.25, 0.3) is 5.91 Å². The zero-order valence-corrected chi connectivity index (χ0v) is 22.2. The van der Waals surface area contributed by atoms with E-state index in [9.17, 15) is 14.4 Å². The molecule has 1 saturated heterocycles. The van der Waals surface area contributed by atoms with Gasteiger partial charge in [0.15, 0.2) is 12.7 Å². The highest BCUT2D eigenvalue weighted by molar-refractivity contribution is 5.99. The van der Waals surface area contributed by atoms with E-state index in [0.29, 0.717) is 29.3 Å². The molecule has 0 radical (unpaired) electrons. The van der Waals surface area contributed by atoms with E-state index < -0.39 is 35.5 Å². The minimum Gasteiger partial charge on any atom is -0.497 e. The van der Waals surface area contributed by atoms with Gasteiger partial charge < -0.3 is 29.0 Å². The second kappa shape index (κ2) is 11.1. The number of carbonyl (C=O) groups excluding carboxylic acids is 3. The van der Waals surface area contributed by atoms with E-state index in [0.717, 1.165) is 5.56 Å². The third kappa shape index (κ3) is 7.85. The highest BCUT2D eigenvalue weighted by Gasteiger charge is 2.40. The average molecular weight is 515 g/mol. The Balaban J connectivity index is 1.60. The largest absolute Gasteiger partial charge is 0.497 e. The molecular weight excluding hydrogens is 480 g/mol. The number of ether oxygens (including phenoxy) is 5. The van der Waals surface area contributed by atoms with Crippen LogP contribution in [0.5, 0.6) is 11.5 Å². The van der Waals surface area contributed by atoms with E-state index >= 15 is 0 Å². The van der Waals surface area contributed by atoms with E-state index in [4.69, 9.17) is 23.7 Å². The van der Waals surface area contributed by atoms with Crippen LogP contribution in [0, 0.1) is 0 Å². The Labute approximate surface area is 216 Å². The molecule has 1 heterocycles. The highest BCUT2D eigenvalue weighted by Crippen LogP contribution is 2.31. The van der Waals surface area contributed by atoms with E-state index in [1.54, 1.807) is 84.1 Å². The van der Waals surface area contributed by atoms with Crippen LogP contribution in [-0.4, -0.2) is 56.2 Å². The topological polar surface area (TPSA) is 113 Å². The molecule has 2 aromatic rings. The molecular formula is C27H34N2O8. The zero-order valence-electron chi connectivity index (χ0n) is 22.2. The standard InChI is InChI=1S/C27H34N2O8/c1-26(2,3)37-25(32)29(6)21-15-19(33-7)12-13-20(21)28-23(30)16-34-18-10-8-17(9-11-18)14-22-24(31)36-27(4,5)35-22/h8-13,15,22H,14,16H2,1-7H3,(H,28,30). The minimum absolute atomic E-state index is 0.257. The second-order valence-corrected chi connectivity index (χ2v) is 10.0. The van der Waals surface area contributed by atoms with Crippen molar-refractivity contribution in [3.05, 3.63) is 48.0 Å². The highest BCUT2D eigenvalue weighted by atomic mass is 16.8. The fourth-order valence-electron chi connectivity index (χ4n) is 3.57. The van der Waals surface area contributed by atoms with Crippen LogP contribution >= 0.6 is 0 Å². The Morgan fingerprint density at radius 2 is 1.73 bits per heavy atom. The quantitative estimate of drug-likeness (QED) is 0.519. The summed E-state index contributed by atoms with van der Waals surface area (Å²) in [4.78, 5) is 38.5. The lowest BCUT2D eigenvalue weighted by Gasteiger charge is -2.26. The zero-order chi connectivity index (χ0) is 27.4. The molecule has 0 aromatic heterocycles. The fraction of sp³-hybridized carbons (Fsp3) is 0.444. The Morgan fingerprint density at radius 1 is 1.08 bits per heavy atom. The molecule has 0 aliphatic carbocycles. The molecule has 200 valence electrons. The normalized spacial score (nSPS) is 16.5. The average Bonchev–Trinajstić information content (AvgIpc) is 3.08. The first-order valence-electron chi connectivity index (χ1n) is 11.8. The van der Waals surface area contributed by atoms with Crippen molar-refractivity contribution in [2.75, 3.05) is 31.0 Å². The summed E-state index contributed by atoms with van der Waals surface area (Å²) >= 11 is 0. The number of nitrogens with one attached hydrogen (secondary N) is 1. The first-order valence-corrected chi connectivity index (χ1v) is 11.8. The fourth-order valence-corrected chi connectivity index (χ4v) is 3.57. The van der Waals surface area contributed by atoms with Crippen molar-refractivity contribution in [1.82, 2.24) is 0 Å². The second-order valence-electron chi connectivity index (χ2n) is 10.0. The van der Waals surface area contributed by atoms with Crippen molar-refractivity contribution in [3.8, 4) is 11.5 Å². The van der Waals surface area contributed by atoms with Gasteiger partial charge in [-0.15, -0.1) is 0 Å². The number of benzene rings is 2. The van der Waals surface area contributed by atoms with Gasteiger partial charge in [-0.3, -0.25) is 9.69 Å². The molecule has 10 nitrogen and oxygen atoms in total. The molecule has 2 amide bonds. The van der Waals surface area contributed by atoms with Crippen molar-refractivity contribution in [1.29, 1.82) is 0 Å². The summed E-state index contributed by atoms with van der Waals surface area (Å²) in [5.74, 6) is -0.743. The third-order valence-corrected chi connectivity index (χ3v) is 5.26. The number of methoxy groups -OCH3 is 1. The number of carbonyl (C=O) groups is 3. The molecule has 37 heavy (non-hydrogen) atoms. The summed E-state index contributed by atoms with van der Waals surface area (Å²) in [5.41, 5.74) is 0.984. The van der Waals surface area contributed by atoms with Crippen molar-refractivity contribution in [2.45, 2.75) is 58.5 Å². The molecule has 1 atom stereocenters. The Bertz CT molecular complexity index is 1140. The molecule has 1 fully saturated rings. The van der Waals surface area contributed by atoms with Crippen molar-refractivity contribution in [2.24, 2.45) is 0 Å². The van der Waals surface area contributed by atoms with E-state index in [1.165, 1.54) is 12.0 Å². The van der Waals surface area contributed by atoms with Crippen LogP contribution in [0.4, 0.5) is 16.2 Å². The van der Waals surface area contributed by atoms with Crippen molar-refractivity contribution >= 4 is 29.3 Å². The van der Waals surface area contributed by atoms with Gasteiger partial charge in [0.2, 0.25) is 5.79 Å². The number of cyclic esters (lactones) is 1. The number of nitrogens with zero attached hydrogens (tertiary/aromatic N) is 1. The van der Waals surface area contributed by atoms with Gasteiger partial charge >= 0.3 is 12.1 Å². The Morgan fingerprint density at radius 3 is 2.30 bits per heavy atom. The first kappa shape index (κ1) is 27.8. The van der Waals surface area contributed by atoms with Crippen LogP contribution in [0.25, 0.3) is 0 Å². The summed E-state index contributed by atoms with van der Waals surface area (Å²) in [6.45, 7) is 8.44. The van der Waals surface area contributed by atoms with Gasteiger partial charge in [0.1, 0.15) is 17.1 Å². The van der Waals surface area contributed by atoms with Gasteiger partial charge in [-0.05, 0) is 50.6 Å². The maximum atomic E-state index is 12.6. The molecule has 1 N–H and O–H groups in total. The van der Waals surface area contributed by atoms with E-state index in [-0.39, 0.29) is 6.61 Å². The molecule has 0 spiro atoms. The number of rotatable bonds is 8. The summed E-state index contributed by atoms with van der Waals surface area (Å²) in [7, 11) is 3.06. The third-order valence-electron chi connectivity index (χ3n) is 5.26. The summed E-state index contributed by atoms with van der Waals surface area (Å²) in [6.07, 6.45) is -0.869. The van der Waals surface area contributed by atoms with Crippen LogP contribution < -0.4 is 19.7 Å². The lowest BCUT2D eigenvalue weighted by Crippen LogP contribution is -2.34. The molecule has 1 unspecified atom stereocenters. The molecule has 10 heteroatoms. The molecule has 2 aromatic carbocycles.